The van der Waals surface area contributed by atoms with Gasteiger partial charge in [-0.25, -0.2) is 15.0 Å². The number of hydrogen-bond donors (Lipinski definition) is 0. The molecule has 8 aromatic carbocycles. The molecule has 0 fully saturated rings. The lowest BCUT2D eigenvalue weighted by Crippen LogP contribution is -2.28. The fraction of sp³-hybridized carbons (Fsp3) is 0.0192. The van der Waals surface area contributed by atoms with Crippen LogP contribution in [0, 0.1) is 0 Å². The molecule has 0 saturated heterocycles. The summed E-state index contributed by atoms with van der Waals surface area (Å²) < 4.78 is 0. The van der Waals surface area contributed by atoms with Gasteiger partial charge in [0.15, 0.2) is 17.5 Å². The van der Waals surface area contributed by atoms with Crippen LogP contribution in [0.2, 0.25) is 0 Å². The number of hydrogen-bond acceptors (Lipinski definition) is 3. The molecule has 258 valence electrons. The second-order valence-corrected chi connectivity index (χ2v) is 13.9. The number of aromatic nitrogens is 3. The minimum Gasteiger partial charge on any atom is -0.208 e. The van der Waals surface area contributed by atoms with Gasteiger partial charge in [-0.3, -0.25) is 0 Å². The molecule has 0 aliphatic heterocycles. The van der Waals surface area contributed by atoms with Gasteiger partial charge in [-0.1, -0.05) is 206 Å². The highest BCUT2D eigenvalue weighted by atomic mass is 15.0. The maximum atomic E-state index is 5.12. The molecule has 0 N–H and O–H groups in total. The third kappa shape index (κ3) is 5.48. The van der Waals surface area contributed by atoms with Crippen molar-refractivity contribution in [3.05, 3.63) is 235 Å². The highest BCUT2D eigenvalue weighted by Crippen LogP contribution is 2.57. The number of rotatable bonds is 7. The van der Waals surface area contributed by atoms with Crippen LogP contribution in [0.5, 0.6) is 0 Å². The largest absolute Gasteiger partial charge is 0.208 e. The van der Waals surface area contributed by atoms with Crippen molar-refractivity contribution in [1.29, 1.82) is 0 Å². The van der Waals surface area contributed by atoms with Gasteiger partial charge in [0.25, 0.3) is 0 Å². The second-order valence-electron chi connectivity index (χ2n) is 13.9. The van der Waals surface area contributed by atoms with Crippen LogP contribution in [-0.4, -0.2) is 15.0 Å². The van der Waals surface area contributed by atoms with Crippen molar-refractivity contribution >= 4 is 0 Å². The molecule has 1 heterocycles. The Bertz CT molecular complexity index is 2700. The van der Waals surface area contributed by atoms with E-state index >= 15 is 0 Å². The lowest BCUT2D eigenvalue weighted by Gasteiger charge is -2.34. The van der Waals surface area contributed by atoms with Crippen LogP contribution < -0.4 is 0 Å². The first kappa shape index (κ1) is 32.4. The van der Waals surface area contributed by atoms with Gasteiger partial charge in [0.1, 0.15) is 0 Å². The maximum absolute atomic E-state index is 5.12. The first-order chi connectivity index (χ1) is 27.3. The fourth-order valence-corrected chi connectivity index (χ4v) is 8.42. The first-order valence-electron chi connectivity index (χ1n) is 18.7. The average Bonchev–Trinajstić information content (AvgIpc) is 3.58. The van der Waals surface area contributed by atoms with Crippen LogP contribution in [0.3, 0.4) is 0 Å². The predicted molar refractivity (Wildman–Crippen MR) is 224 cm³/mol. The van der Waals surface area contributed by atoms with Gasteiger partial charge in [-0.15, -0.1) is 0 Å². The van der Waals surface area contributed by atoms with Crippen molar-refractivity contribution < 1.29 is 0 Å². The second kappa shape index (κ2) is 13.6. The summed E-state index contributed by atoms with van der Waals surface area (Å²) in [6, 6.07) is 75.4. The smallest absolute Gasteiger partial charge is 0.164 e. The maximum Gasteiger partial charge on any atom is 0.164 e. The fourth-order valence-electron chi connectivity index (χ4n) is 8.42. The molecule has 3 nitrogen and oxygen atoms in total. The van der Waals surface area contributed by atoms with Gasteiger partial charge in [-0.05, 0) is 61.7 Å². The Balaban J connectivity index is 1.18. The standard InChI is InChI=1S/C52H35N3/c1-5-19-36(20-6-1)49-53-50(37-21-7-2-8-22-37)55-51(54-49)46-31-16-15-29-43(46)42-28-14-13-27-41(42)38-33-34-45-44-30-17-18-32-47(44)52(48(45)35-38,39-23-9-3-10-24-39)40-25-11-4-12-26-40/h1-35H. The molecule has 9 aromatic rings. The molecular formula is C52H35N3. The summed E-state index contributed by atoms with van der Waals surface area (Å²) in [5.41, 5.74) is 14.4. The van der Waals surface area contributed by atoms with Crippen molar-refractivity contribution in [3.63, 3.8) is 0 Å². The van der Waals surface area contributed by atoms with Gasteiger partial charge in [-0.2, -0.15) is 0 Å². The third-order valence-corrected chi connectivity index (χ3v) is 10.9. The molecule has 0 unspecified atom stereocenters. The zero-order valence-corrected chi connectivity index (χ0v) is 30.0. The van der Waals surface area contributed by atoms with E-state index in [9.17, 15) is 0 Å². The summed E-state index contributed by atoms with van der Waals surface area (Å²) in [4.78, 5) is 15.2. The van der Waals surface area contributed by atoms with Crippen molar-refractivity contribution in [2.24, 2.45) is 0 Å². The SMILES string of the molecule is c1ccc(-c2nc(-c3ccccc3)nc(-c3ccccc3-c3ccccc3-c3ccc4c(c3)C(c3ccccc3)(c3ccccc3)c3ccccc3-4)n2)cc1. The van der Waals surface area contributed by atoms with Crippen molar-refractivity contribution in [3.8, 4) is 67.5 Å². The Kier molecular flexibility index (Phi) is 8.04. The zero-order chi connectivity index (χ0) is 36.6. The number of benzene rings is 8. The molecule has 1 aliphatic carbocycles. The van der Waals surface area contributed by atoms with Gasteiger partial charge >= 0.3 is 0 Å². The van der Waals surface area contributed by atoms with Crippen molar-refractivity contribution in [1.82, 2.24) is 15.0 Å². The summed E-state index contributed by atoms with van der Waals surface area (Å²) in [6.45, 7) is 0. The molecule has 0 radical (unpaired) electrons. The molecule has 0 spiro atoms. The predicted octanol–water partition coefficient (Wildman–Crippen LogP) is 12.6. The van der Waals surface area contributed by atoms with Crippen molar-refractivity contribution in [2.75, 3.05) is 0 Å². The minimum atomic E-state index is -0.482. The van der Waals surface area contributed by atoms with Crippen molar-refractivity contribution in [2.45, 2.75) is 5.41 Å². The van der Waals surface area contributed by atoms with E-state index in [2.05, 4.69) is 152 Å². The summed E-state index contributed by atoms with van der Waals surface area (Å²) in [5.74, 6) is 1.92. The van der Waals surface area contributed by atoms with E-state index in [1.807, 2.05) is 60.7 Å². The molecular weight excluding hydrogens is 667 g/mol. The van der Waals surface area contributed by atoms with Crippen LogP contribution in [0.4, 0.5) is 0 Å². The van der Waals surface area contributed by atoms with E-state index in [1.54, 1.807) is 0 Å². The monoisotopic (exact) mass is 701 g/mol. The van der Waals surface area contributed by atoms with E-state index in [0.29, 0.717) is 17.5 Å². The molecule has 1 aromatic heterocycles. The van der Waals surface area contributed by atoms with Gasteiger partial charge in [0.05, 0.1) is 5.41 Å². The number of fused-ring (bicyclic) bond motifs is 3. The van der Waals surface area contributed by atoms with E-state index in [0.717, 1.165) is 38.9 Å². The molecule has 0 amide bonds. The Morgan fingerprint density at radius 2 is 0.655 bits per heavy atom. The first-order valence-corrected chi connectivity index (χ1v) is 18.7. The molecule has 0 saturated carbocycles. The minimum absolute atomic E-state index is 0.482. The highest BCUT2D eigenvalue weighted by Gasteiger charge is 2.46. The van der Waals surface area contributed by atoms with Crippen LogP contribution in [0.25, 0.3) is 67.5 Å². The molecule has 55 heavy (non-hydrogen) atoms. The summed E-state index contributed by atoms with van der Waals surface area (Å²) in [6.07, 6.45) is 0. The molecule has 0 bridgehead atoms. The summed E-state index contributed by atoms with van der Waals surface area (Å²) in [7, 11) is 0. The Labute approximate surface area is 321 Å². The van der Waals surface area contributed by atoms with E-state index in [-0.39, 0.29) is 0 Å². The Morgan fingerprint density at radius 1 is 0.255 bits per heavy atom. The summed E-state index contributed by atoms with van der Waals surface area (Å²) >= 11 is 0. The van der Waals surface area contributed by atoms with Crippen LogP contribution in [0.1, 0.15) is 22.3 Å². The molecule has 3 heteroatoms. The Hall–Kier alpha value is -7.23. The molecule has 1 aliphatic rings. The van der Waals surface area contributed by atoms with Crippen LogP contribution in [-0.2, 0) is 5.41 Å². The van der Waals surface area contributed by atoms with Gasteiger partial charge in [0, 0.05) is 16.7 Å². The Morgan fingerprint density at radius 3 is 1.22 bits per heavy atom. The van der Waals surface area contributed by atoms with E-state index in [4.69, 9.17) is 15.0 Å². The summed E-state index contributed by atoms with van der Waals surface area (Å²) in [5, 5.41) is 0. The van der Waals surface area contributed by atoms with E-state index < -0.39 is 5.41 Å². The van der Waals surface area contributed by atoms with E-state index in [1.165, 1.54) is 33.4 Å². The lowest BCUT2D eigenvalue weighted by atomic mass is 9.67. The molecule has 10 rings (SSSR count). The van der Waals surface area contributed by atoms with Gasteiger partial charge < -0.3 is 0 Å². The average molecular weight is 702 g/mol. The highest BCUT2D eigenvalue weighted by molar-refractivity contribution is 5.93. The third-order valence-electron chi connectivity index (χ3n) is 10.9. The van der Waals surface area contributed by atoms with Crippen LogP contribution in [0.15, 0.2) is 212 Å². The van der Waals surface area contributed by atoms with Gasteiger partial charge in [0.2, 0.25) is 0 Å². The lowest BCUT2D eigenvalue weighted by molar-refractivity contribution is 0.769. The van der Waals surface area contributed by atoms with Crippen LogP contribution >= 0.6 is 0 Å². The molecule has 0 atom stereocenters. The topological polar surface area (TPSA) is 38.7 Å². The normalized spacial score (nSPS) is 12.5. The number of nitrogens with zero attached hydrogens (tertiary/aromatic N) is 3. The zero-order valence-electron chi connectivity index (χ0n) is 30.0. The quantitative estimate of drug-likeness (QED) is 0.166.